The predicted octanol–water partition coefficient (Wildman–Crippen LogP) is 4.34. The van der Waals surface area contributed by atoms with Gasteiger partial charge in [-0.15, -0.1) is 0 Å². The van der Waals surface area contributed by atoms with Crippen molar-refractivity contribution in [3.05, 3.63) is 34.9 Å². The Morgan fingerprint density at radius 3 is 2.47 bits per heavy atom. The molecule has 0 aliphatic rings. The summed E-state index contributed by atoms with van der Waals surface area (Å²) < 4.78 is 0. The second kappa shape index (κ2) is 5.68. The minimum atomic E-state index is -0.689. The Hall–Kier alpha value is -0.820. The predicted molar refractivity (Wildman–Crippen MR) is 74.2 cm³/mol. The molecule has 1 atom stereocenters. The van der Waals surface area contributed by atoms with Gasteiger partial charge in [-0.05, 0) is 50.7 Å². The van der Waals surface area contributed by atoms with Crippen LogP contribution in [0.2, 0.25) is 0 Å². The van der Waals surface area contributed by atoms with Gasteiger partial charge in [0.2, 0.25) is 0 Å². The molecular formula is C16H26O. The summed E-state index contributed by atoms with van der Waals surface area (Å²) in [7, 11) is 0. The highest BCUT2D eigenvalue weighted by Gasteiger charge is 2.24. The number of hydrogen-bond acceptors (Lipinski definition) is 1. The lowest BCUT2D eigenvalue weighted by molar-refractivity contribution is 0.0434. The van der Waals surface area contributed by atoms with Crippen molar-refractivity contribution in [1.29, 1.82) is 0 Å². The van der Waals surface area contributed by atoms with Gasteiger partial charge in [0.25, 0.3) is 0 Å². The molecule has 0 aromatic heterocycles. The molecule has 0 spiro atoms. The Morgan fingerprint density at radius 2 is 1.88 bits per heavy atom. The van der Waals surface area contributed by atoms with Crippen LogP contribution >= 0.6 is 0 Å². The van der Waals surface area contributed by atoms with Crippen LogP contribution in [0, 0.1) is 19.8 Å². The zero-order chi connectivity index (χ0) is 13.1. The monoisotopic (exact) mass is 234 g/mol. The number of hydrogen-bond donors (Lipinski definition) is 1. The number of aliphatic hydroxyl groups is 1. The minimum absolute atomic E-state index is 0.689. The van der Waals surface area contributed by atoms with E-state index >= 15 is 0 Å². The van der Waals surface area contributed by atoms with E-state index in [2.05, 4.69) is 45.9 Å². The van der Waals surface area contributed by atoms with Crippen LogP contribution in [0.1, 0.15) is 56.7 Å². The molecule has 1 unspecified atom stereocenters. The first kappa shape index (κ1) is 14.2. The van der Waals surface area contributed by atoms with Gasteiger partial charge in [0.1, 0.15) is 0 Å². The van der Waals surface area contributed by atoms with E-state index in [1.54, 1.807) is 0 Å². The Morgan fingerprint density at radius 1 is 1.24 bits per heavy atom. The quantitative estimate of drug-likeness (QED) is 0.803. The second-order valence-corrected chi connectivity index (χ2v) is 5.88. The van der Waals surface area contributed by atoms with Gasteiger partial charge in [-0.1, -0.05) is 44.0 Å². The van der Waals surface area contributed by atoms with Gasteiger partial charge < -0.3 is 5.11 Å². The SMILES string of the molecule is Cc1ccc(C)c(C(C)(O)CCCC(C)C)c1. The zero-order valence-electron chi connectivity index (χ0n) is 11.9. The van der Waals surface area contributed by atoms with Gasteiger partial charge >= 0.3 is 0 Å². The molecule has 1 rings (SSSR count). The van der Waals surface area contributed by atoms with E-state index in [1.165, 1.54) is 17.5 Å². The fourth-order valence-electron chi connectivity index (χ4n) is 2.31. The van der Waals surface area contributed by atoms with Crippen molar-refractivity contribution in [1.82, 2.24) is 0 Å². The fraction of sp³-hybridized carbons (Fsp3) is 0.625. The van der Waals surface area contributed by atoms with Crippen molar-refractivity contribution in [2.45, 2.75) is 59.5 Å². The third-order valence-corrected chi connectivity index (χ3v) is 3.42. The third-order valence-electron chi connectivity index (χ3n) is 3.42. The Labute approximate surface area is 106 Å². The minimum Gasteiger partial charge on any atom is -0.385 e. The lowest BCUT2D eigenvalue weighted by atomic mass is 9.86. The van der Waals surface area contributed by atoms with E-state index in [-0.39, 0.29) is 0 Å². The molecule has 17 heavy (non-hydrogen) atoms. The highest BCUT2D eigenvalue weighted by molar-refractivity contribution is 5.34. The maximum absolute atomic E-state index is 10.6. The summed E-state index contributed by atoms with van der Waals surface area (Å²) >= 11 is 0. The zero-order valence-corrected chi connectivity index (χ0v) is 11.9. The Bertz CT molecular complexity index is 364. The molecule has 1 aromatic carbocycles. The molecule has 0 fully saturated rings. The molecule has 0 heterocycles. The van der Waals surface area contributed by atoms with E-state index in [0.29, 0.717) is 5.92 Å². The van der Waals surface area contributed by atoms with Crippen LogP contribution in [0.3, 0.4) is 0 Å². The van der Waals surface area contributed by atoms with Crippen molar-refractivity contribution in [2.24, 2.45) is 5.92 Å². The molecular weight excluding hydrogens is 208 g/mol. The number of aryl methyl sites for hydroxylation is 2. The van der Waals surface area contributed by atoms with Crippen molar-refractivity contribution in [3.63, 3.8) is 0 Å². The normalized spacial score (nSPS) is 15.0. The van der Waals surface area contributed by atoms with Crippen LogP contribution in [0.5, 0.6) is 0 Å². The van der Waals surface area contributed by atoms with Crippen molar-refractivity contribution >= 4 is 0 Å². The average molecular weight is 234 g/mol. The molecule has 0 amide bonds. The lowest BCUT2D eigenvalue weighted by Gasteiger charge is -2.26. The first-order valence-corrected chi connectivity index (χ1v) is 6.63. The molecule has 96 valence electrons. The topological polar surface area (TPSA) is 20.2 Å². The number of rotatable bonds is 5. The molecule has 1 heteroatoms. The van der Waals surface area contributed by atoms with E-state index in [9.17, 15) is 5.11 Å². The van der Waals surface area contributed by atoms with E-state index < -0.39 is 5.60 Å². The van der Waals surface area contributed by atoms with Gasteiger partial charge in [0.05, 0.1) is 5.60 Å². The van der Waals surface area contributed by atoms with Crippen LogP contribution in [0.25, 0.3) is 0 Å². The molecule has 0 saturated carbocycles. The van der Waals surface area contributed by atoms with Gasteiger partial charge in [-0.2, -0.15) is 0 Å². The number of benzene rings is 1. The van der Waals surface area contributed by atoms with Gasteiger partial charge in [0.15, 0.2) is 0 Å². The van der Waals surface area contributed by atoms with Crippen LogP contribution in [0.4, 0.5) is 0 Å². The first-order chi connectivity index (χ1) is 7.83. The second-order valence-electron chi connectivity index (χ2n) is 5.88. The Kier molecular flexibility index (Phi) is 4.76. The van der Waals surface area contributed by atoms with Gasteiger partial charge in [-0.25, -0.2) is 0 Å². The highest BCUT2D eigenvalue weighted by Crippen LogP contribution is 2.30. The molecule has 1 N–H and O–H groups in total. The molecule has 1 nitrogen and oxygen atoms in total. The summed E-state index contributed by atoms with van der Waals surface area (Å²) in [4.78, 5) is 0. The summed E-state index contributed by atoms with van der Waals surface area (Å²) in [5.41, 5.74) is 2.80. The lowest BCUT2D eigenvalue weighted by Crippen LogP contribution is -2.22. The van der Waals surface area contributed by atoms with Crippen molar-refractivity contribution < 1.29 is 5.11 Å². The first-order valence-electron chi connectivity index (χ1n) is 6.63. The maximum Gasteiger partial charge on any atom is 0.0871 e. The largest absolute Gasteiger partial charge is 0.385 e. The van der Waals surface area contributed by atoms with Crippen LogP contribution in [-0.4, -0.2) is 5.11 Å². The van der Waals surface area contributed by atoms with E-state index in [4.69, 9.17) is 0 Å². The van der Waals surface area contributed by atoms with Crippen LogP contribution < -0.4 is 0 Å². The fourth-order valence-corrected chi connectivity index (χ4v) is 2.31. The molecule has 0 aliphatic carbocycles. The average Bonchev–Trinajstić information content (AvgIpc) is 2.20. The molecule has 1 aromatic rings. The molecule has 0 radical (unpaired) electrons. The summed E-state index contributed by atoms with van der Waals surface area (Å²) in [6, 6.07) is 6.31. The van der Waals surface area contributed by atoms with Crippen molar-refractivity contribution in [2.75, 3.05) is 0 Å². The van der Waals surface area contributed by atoms with Crippen LogP contribution in [-0.2, 0) is 5.60 Å². The summed E-state index contributed by atoms with van der Waals surface area (Å²) in [5.74, 6) is 0.712. The molecule has 0 bridgehead atoms. The van der Waals surface area contributed by atoms with Gasteiger partial charge in [-0.3, -0.25) is 0 Å². The van der Waals surface area contributed by atoms with Crippen LogP contribution in [0.15, 0.2) is 18.2 Å². The van der Waals surface area contributed by atoms with Gasteiger partial charge in [0, 0.05) is 0 Å². The third kappa shape index (κ3) is 4.16. The van der Waals surface area contributed by atoms with E-state index in [1.807, 2.05) is 6.92 Å². The standard InChI is InChI=1S/C16H26O/c1-12(2)7-6-10-16(5,17)15-11-13(3)8-9-14(15)4/h8-9,11-12,17H,6-7,10H2,1-5H3. The van der Waals surface area contributed by atoms with Crippen molar-refractivity contribution in [3.8, 4) is 0 Å². The summed E-state index contributed by atoms with van der Waals surface area (Å²) in [6.07, 6.45) is 3.11. The van der Waals surface area contributed by atoms with E-state index in [0.717, 1.165) is 18.4 Å². The molecule has 0 aliphatic heterocycles. The Balaban J connectivity index is 2.77. The summed E-state index contributed by atoms with van der Waals surface area (Å²) in [5, 5.41) is 10.6. The summed E-state index contributed by atoms with van der Waals surface area (Å²) in [6.45, 7) is 10.5. The maximum atomic E-state index is 10.6. The highest BCUT2D eigenvalue weighted by atomic mass is 16.3. The smallest absolute Gasteiger partial charge is 0.0871 e. The molecule has 0 saturated heterocycles.